The highest BCUT2D eigenvalue weighted by Gasteiger charge is 2.21. The van der Waals surface area contributed by atoms with Gasteiger partial charge in [-0.1, -0.05) is 29.8 Å². The monoisotopic (exact) mass is 335 g/mol. The van der Waals surface area contributed by atoms with E-state index in [0.29, 0.717) is 10.7 Å². The number of halogens is 2. The molecule has 1 unspecified atom stereocenters. The van der Waals surface area contributed by atoms with Crippen molar-refractivity contribution in [3.8, 4) is 0 Å². The molecule has 2 aromatic carbocycles. The van der Waals surface area contributed by atoms with Crippen molar-refractivity contribution in [1.82, 2.24) is 0 Å². The smallest absolute Gasteiger partial charge is 0.341 e. The lowest BCUT2D eigenvalue weighted by atomic mass is 10.2. The van der Waals surface area contributed by atoms with Gasteiger partial charge in [0.05, 0.1) is 5.56 Å². The van der Waals surface area contributed by atoms with Crippen LogP contribution in [0.4, 0.5) is 10.1 Å². The van der Waals surface area contributed by atoms with E-state index >= 15 is 0 Å². The number of benzene rings is 2. The average Bonchev–Trinajstić information content (AvgIpc) is 2.51. The Morgan fingerprint density at radius 1 is 1.22 bits per heavy atom. The Labute approximate surface area is 138 Å². The van der Waals surface area contributed by atoms with Gasteiger partial charge < -0.3 is 10.1 Å². The second-order valence-electron chi connectivity index (χ2n) is 4.98. The number of aryl methyl sites for hydroxylation is 1. The van der Waals surface area contributed by atoms with Crippen molar-refractivity contribution in [3.05, 3.63) is 64.4 Å². The second kappa shape index (κ2) is 7.24. The summed E-state index contributed by atoms with van der Waals surface area (Å²) in [6.45, 7) is 3.25. The zero-order valence-electron chi connectivity index (χ0n) is 12.6. The molecule has 0 aromatic heterocycles. The molecule has 4 nitrogen and oxygen atoms in total. The summed E-state index contributed by atoms with van der Waals surface area (Å²) in [6, 6.07) is 10.5. The predicted molar refractivity (Wildman–Crippen MR) is 86.1 cm³/mol. The van der Waals surface area contributed by atoms with Crippen LogP contribution in [0.5, 0.6) is 0 Å². The van der Waals surface area contributed by atoms with E-state index in [-0.39, 0.29) is 5.56 Å². The molecule has 0 aliphatic rings. The standard InChI is InChI=1S/C17H15ClFNO3/c1-10-7-8-12(9-14(10)18)20-16(21)11(2)23-17(22)13-5-3-4-6-15(13)19/h3-9,11H,1-2H3,(H,20,21). The molecular formula is C17H15ClFNO3. The van der Waals surface area contributed by atoms with E-state index in [2.05, 4.69) is 5.32 Å². The zero-order chi connectivity index (χ0) is 17.0. The number of esters is 1. The maximum atomic E-state index is 13.5. The van der Waals surface area contributed by atoms with Gasteiger partial charge in [0.15, 0.2) is 6.10 Å². The van der Waals surface area contributed by atoms with E-state index in [4.69, 9.17) is 16.3 Å². The Bertz CT molecular complexity index is 748. The second-order valence-corrected chi connectivity index (χ2v) is 5.39. The van der Waals surface area contributed by atoms with E-state index in [1.54, 1.807) is 18.2 Å². The third-order valence-electron chi connectivity index (χ3n) is 3.19. The summed E-state index contributed by atoms with van der Waals surface area (Å²) in [5, 5.41) is 3.10. The average molecular weight is 336 g/mol. The minimum Gasteiger partial charge on any atom is -0.449 e. The van der Waals surface area contributed by atoms with Crippen molar-refractivity contribution in [3.63, 3.8) is 0 Å². The van der Waals surface area contributed by atoms with Gasteiger partial charge in [0.1, 0.15) is 5.82 Å². The van der Waals surface area contributed by atoms with Crippen LogP contribution in [0, 0.1) is 12.7 Å². The molecule has 0 radical (unpaired) electrons. The van der Waals surface area contributed by atoms with Crippen LogP contribution >= 0.6 is 11.6 Å². The van der Waals surface area contributed by atoms with Gasteiger partial charge in [0.2, 0.25) is 0 Å². The van der Waals surface area contributed by atoms with Crippen LogP contribution < -0.4 is 5.32 Å². The Morgan fingerprint density at radius 2 is 1.91 bits per heavy atom. The number of ether oxygens (including phenoxy) is 1. The van der Waals surface area contributed by atoms with Crippen LogP contribution in [-0.2, 0) is 9.53 Å². The first-order valence-corrected chi connectivity index (χ1v) is 7.29. The van der Waals surface area contributed by atoms with Gasteiger partial charge in [-0.2, -0.15) is 0 Å². The molecule has 0 fully saturated rings. The van der Waals surface area contributed by atoms with Gasteiger partial charge in [-0.3, -0.25) is 4.79 Å². The van der Waals surface area contributed by atoms with Crippen LogP contribution in [0.25, 0.3) is 0 Å². The molecule has 1 amide bonds. The lowest BCUT2D eigenvalue weighted by Gasteiger charge is -2.14. The van der Waals surface area contributed by atoms with Crippen LogP contribution in [0.1, 0.15) is 22.8 Å². The lowest BCUT2D eigenvalue weighted by Crippen LogP contribution is -2.30. The normalized spacial score (nSPS) is 11.7. The predicted octanol–water partition coefficient (Wildman–Crippen LogP) is 3.97. The van der Waals surface area contributed by atoms with Gasteiger partial charge in [0, 0.05) is 10.7 Å². The van der Waals surface area contributed by atoms with Crippen molar-refractivity contribution in [2.24, 2.45) is 0 Å². The van der Waals surface area contributed by atoms with Crippen molar-refractivity contribution >= 4 is 29.2 Å². The van der Waals surface area contributed by atoms with Gasteiger partial charge in [-0.25, -0.2) is 9.18 Å². The SMILES string of the molecule is Cc1ccc(NC(=O)C(C)OC(=O)c2ccccc2F)cc1Cl. The molecule has 0 heterocycles. The molecule has 0 bridgehead atoms. The van der Waals surface area contributed by atoms with Crippen molar-refractivity contribution in [2.75, 3.05) is 5.32 Å². The van der Waals surface area contributed by atoms with E-state index < -0.39 is 23.8 Å². The Balaban J connectivity index is 2.01. The minimum atomic E-state index is -1.08. The summed E-state index contributed by atoms with van der Waals surface area (Å²) in [4.78, 5) is 23.9. The highest BCUT2D eigenvalue weighted by molar-refractivity contribution is 6.31. The highest BCUT2D eigenvalue weighted by atomic mass is 35.5. The Morgan fingerprint density at radius 3 is 2.57 bits per heavy atom. The number of nitrogens with one attached hydrogen (secondary N) is 1. The van der Waals surface area contributed by atoms with Crippen molar-refractivity contribution in [2.45, 2.75) is 20.0 Å². The molecule has 0 saturated carbocycles. The highest BCUT2D eigenvalue weighted by Crippen LogP contribution is 2.20. The molecule has 23 heavy (non-hydrogen) atoms. The largest absolute Gasteiger partial charge is 0.449 e. The lowest BCUT2D eigenvalue weighted by molar-refractivity contribution is -0.123. The van der Waals surface area contributed by atoms with Gasteiger partial charge in [-0.05, 0) is 43.7 Å². The number of carbonyl (C=O) groups is 2. The maximum Gasteiger partial charge on any atom is 0.341 e. The molecule has 2 aromatic rings. The summed E-state index contributed by atoms with van der Waals surface area (Å²) in [5.41, 5.74) is 1.15. The summed E-state index contributed by atoms with van der Waals surface area (Å²) < 4.78 is 18.5. The number of hydrogen-bond acceptors (Lipinski definition) is 3. The fourth-order valence-electron chi connectivity index (χ4n) is 1.82. The third-order valence-corrected chi connectivity index (χ3v) is 3.59. The van der Waals surface area contributed by atoms with E-state index in [1.807, 2.05) is 6.92 Å². The van der Waals surface area contributed by atoms with Gasteiger partial charge in [0.25, 0.3) is 5.91 Å². The van der Waals surface area contributed by atoms with Gasteiger partial charge >= 0.3 is 5.97 Å². The zero-order valence-corrected chi connectivity index (χ0v) is 13.4. The quantitative estimate of drug-likeness (QED) is 0.860. The molecule has 1 N–H and O–H groups in total. The van der Waals surface area contributed by atoms with Crippen LogP contribution in [-0.4, -0.2) is 18.0 Å². The summed E-state index contributed by atoms with van der Waals surface area (Å²) in [6.07, 6.45) is -1.08. The minimum absolute atomic E-state index is 0.217. The van der Waals surface area contributed by atoms with E-state index in [1.165, 1.54) is 25.1 Å². The Kier molecular flexibility index (Phi) is 5.34. The topological polar surface area (TPSA) is 55.4 Å². The number of anilines is 1. The first kappa shape index (κ1) is 17.0. The molecule has 6 heteroatoms. The summed E-state index contributed by atoms with van der Waals surface area (Å²) >= 11 is 5.98. The van der Waals surface area contributed by atoms with E-state index in [9.17, 15) is 14.0 Å². The van der Waals surface area contributed by atoms with E-state index in [0.717, 1.165) is 11.6 Å². The molecule has 0 aliphatic heterocycles. The fourth-order valence-corrected chi connectivity index (χ4v) is 2.00. The molecule has 0 aliphatic carbocycles. The van der Waals surface area contributed by atoms with Crippen LogP contribution in [0.2, 0.25) is 5.02 Å². The molecule has 1 atom stereocenters. The molecule has 0 spiro atoms. The summed E-state index contributed by atoms with van der Waals surface area (Å²) in [5.74, 6) is -2.13. The van der Waals surface area contributed by atoms with Crippen molar-refractivity contribution < 1.29 is 18.7 Å². The molecule has 120 valence electrons. The number of amides is 1. The Hall–Kier alpha value is -2.40. The molecular weight excluding hydrogens is 321 g/mol. The number of hydrogen-bond donors (Lipinski definition) is 1. The van der Waals surface area contributed by atoms with Crippen LogP contribution in [0.15, 0.2) is 42.5 Å². The molecule has 0 saturated heterocycles. The van der Waals surface area contributed by atoms with Crippen LogP contribution in [0.3, 0.4) is 0 Å². The number of rotatable bonds is 4. The first-order valence-electron chi connectivity index (χ1n) is 6.91. The summed E-state index contributed by atoms with van der Waals surface area (Å²) in [7, 11) is 0. The maximum absolute atomic E-state index is 13.5. The van der Waals surface area contributed by atoms with Crippen molar-refractivity contribution in [1.29, 1.82) is 0 Å². The molecule has 2 rings (SSSR count). The van der Waals surface area contributed by atoms with Gasteiger partial charge in [-0.15, -0.1) is 0 Å². The number of carbonyl (C=O) groups excluding carboxylic acids is 2. The fraction of sp³-hybridized carbons (Fsp3) is 0.176. The third kappa shape index (κ3) is 4.29. The first-order chi connectivity index (χ1) is 10.9.